The average Bonchev–Trinajstić information content (AvgIpc) is 3.02. The maximum atomic E-state index is 13.2. The molecule has 3 heterocycles. The van der Waals surface area contributed by atoms with E-state index in [9.17, 15) is 14.8 Å². The Morgan fingerprint density at radius 3 is 2.22 bits per heavy atom. The van der Waals surface area contributed by atoms with Gasteiger partial charge in [0.15, 0.2) is 6.20 Å². The van der Waals surface area contributed by atoms with E-state index in [4.69, 9.17) is 40.5 Å². The fraction of sp³-hybridized carbons (Fsp3) is 0.519. The van der Waals surface area contributed by atoms with Crippen LogP contribution in [0.25, 0.3) is 0 Å². The number of halogens is 3. The van der Waals surface area contributed by atoms with E-state index in [1.54, 1.807) is 11.0 Å². The highest BCUT2D eigenvalue weighted by molar-refractivity contribution is 6.35. The van der Waals surface area contributed by atoms with E-state index >= 15 is 0 Å². The van der Waals surface area contributed by atoms with Gasteiger partial charge in [-0.1, -0.05) is 34.8 Å². The smallest absolute Gasteiger partial charge is 0.314 e. The van der Waals surface area contributed by atoms with Crippen LogP contribution in [0, 0.1) is 17.0 Å². The van der Waals surface area contributed by atoms with Crippen molar-refractivity contribution in [1.82, 2.24) is 9.80 Å². The molecule has 0 radical (unpaired) electrons. The number of carbonyl (C=O) groups excluding carboxylic acids is 2. The van der Waals surface area contributed by atoms with Crippen LogP contribution in [0.5, 0.6) is 0 Å². The maximum Gasteiger partial charge on any atom is 0.314 e. The third kappa shape index (κ3) is 5.50. The lowest BCUT2D eigenvalue weighted by atomic mass is 9.76. The van der Waals surface area contributed by atoms with Gasteiger partial charge >= 0.3 is 6.03 Å². The molecule has 37 heavy (non-hydrogen) atoms. The van der Waals surface area contributed by atoms with Crippen LogP contribution >= 0.6 is 34.8 Å². The molecule has 0 unspecified atom stereocenters. The fourth-order valence-electron chi connectivity index (χ4n) is 6.41. The standard InChI is InChI=1S/C27H31Cl3N4O3/c28-20-12-18-1-2-19-13-21(29)15-34(37)26(19)25(24(18)22(30)14-20)17-5-9-32(10-6-17)23(35)11-16-3-7-33(8-4-16)27(31)36/h12-17,25H,1-11H2,(H2,31,36)/t25-/m1/s1. The van der Waals surface area contributed by atoms with Crippen molar-refractivity contribution in [2.45, 2.75) is 50.9 Å². The molecule has 2 saturated heterocycles. The zero-order valence-electron chi connectivity index (χ0n) is 20.6. The van der Waals surface area contributed by atoms with Crippen molar-refractivity contribution in [2.75, 3.05) is 26.2 Å². The molecular formula is C27H31Cl3N4O3. The highest BCUT2D eigenvalue weighted by Gasteiger charge is 2.40. The number of nitrogens with two attached hydrogens (primary N) is 1. The van der Waals surface area contributed by atoms with Crippen molar-refractivity contribution in [1.29, 1.82) is 0 Å². The third-order valence-corrected chi connectivity index (χ3v) is 9.06. The lowest BCUT2D eigenvalue weighted by Crippen LogP contribution is -2.44. The number of nitrogens with zero attached hydrogens (tertiary/aromatic N) is 3. The molecule has 2 aliphatic heterocycles. The molecule has 10 heteroatoms. The summed E-state index contributed by atoms with van der Waals surface area (Å²) >= 11 is 19.4. The molecule has 2 N–H and O–H groups in total. The summed E-state index contributed by atoms with van der Waals surface area (Å²) in [6.45, 7) is 2.50. The van der Waals surface area contributed by atoms with E-state index in [0.717, 1.165) is 53.5 Å². The predicted molar refractivity (Wildman–Crippen MR) is 144 cm³/mol. The molecule has 0 spiro atoms. The second-order valence-electron chi connectivity index (χ2n) is 10.5. The Morgan fingerprint density at radius 1 is 0.919 bits per heavy atom. The molecule has 198 valence electrons. The summed E-state index contributed by atoms with van der Waals surface area (Å²) in [6, 6.07) is 5.22. The molecule has 1 aromatic heterocycles. The van der Waals surface area contributed by atoms with E-state index in [2.05, 4.69) is 0 Å². The molecule has 1 aromatic carbocycles. The second-order valence-corrected chi connectivity index (χ2v) is 11.8. The zero-order valence-corrected chi connectivity index (χ0v) is 22.9. The molecule has 0 bridgehead atoms. The zero-order chi connectivity index (χ0) is 26.3. The molecule has 3 amide bonds. The second kappa shape index (κ2) is 10.9. The normalized spacial score (nSPS) is 20.8. The largest absolute Gasteiger partial charge is 0.618 e. The quantitative estimate of drug-likeness (QED) is 0.422. The first-order chi connectivity index (χ1) is 17.7. The van der Waals surface area contributed by atoms with Crippen LogP contribution in [0.1, 0.15) is 60.4 Å². The summed E-state index contributed by atoms with van der Waals surface area (Å²) in [7, 11) is 0. The predicted octanol–water partition coefficient (Wildman–Crippen LogP) is 4.93. The fourth-order valence-corrected chi connectivity index (χ4v) is 7.29. The van der Waals surface area contributed by atoms with Gasteiger partial charge in [0.1, 0.15) is 5.02 Å². The number of hydrogen-bond acceptors (Lipinski definition) is 3. The van der Waals surface area contributed by atoms with Crippen molar-refractivity contribution in [3.63, 3.8) is 0 Å². The number of urea groups is 1. The molecule has 1 atom stereocenters. The molecule has 3 aliphatic rings. The first kappa shape index (κ1) is 26.4. The lowest BCUT2D eigenvalue weighted by Gasteiger charge is -2.37. The van der Waals surface area contributed by atoms with Gasteiger partial charge in [0.2, 0.25) is 11.6 Å². The number of rotatable bonds is 3. The van der Waals surface area contributed by atoms with E-state index in [0.29, 0.717) is 59.8 Å². The minimum atomic E-state index is -0.391. The maximum absolute atomic E-state index is 13.2. The number of piperidine rings is 2. The SMILES string of the molecule is NC(=O)N1CCC(CC(=O)N2CCC([C@@H]3c4c(Cl)cc(Cl)cc4CCc4cc(Cl)c[n+]([O-])c43)CC2)CC1. The minimum absolute atomic E-state index is 0.151. The molecule has 5 rings (SSSR count). The lowest BCUT2D eigenvalue weighted by molar-refractivity contribution is -0.616. The Morgan fingerprint density at radius 2 is 1.54 bits per heavy atom. The first-order valence-corrected chi connectivity index (χ1v) is 14.1. The minimum Gasteiger partial charge on any atom is -0.618 e. The van der Waals surface area contributed by atoms with E-state index in [1.807, 2.05) is 17.0 Å². The van der Waals surface area contributed by atoms with Crippen molar-refractivity contribution in [3.05, 3.63) is 67.1 Å². The number of pyridine rings is 1. The highest BCUT2D eigenvalue weighted by atomic mass is 35.5. The summed E-state index contributed by atoms with van der Waals surface area (Å²) in [6.07, 6.45) is 6.48. The van der Waals surface area contributed by atoms with Gasteiger partial charge in [-0.15, -0.1) is 0 Å². The van der Waals surface area contributed by atoms with Crippen LogP contribution in [0.15, 0.2) is 24.4 Å². The van der Waals surface area contributed by atoms with Crippen molar-refractivity contribution >= 4 is 46.7 Å². The van der Waals surface area contributed by atoms with Gasteiger partial charge in [-0.05, 0) is 79.7 Å². The van der Waals surface area contributed by atoms with Gasteiger partial charge in [-0.3, -0.25) is 4.79 Å². The number of primary amides is 1. The average molecular weight is 566 g/mol. The van der Waals surface area contributed by atoms with Crippen LogP contribution in [-0.2, 0) is 17.6 Å². The number of amides is 3. The Hall–Kier alpha value is -2.22. The van der Waals surface area contributed by atoms with Crippen molar-refractivity contribution in [3.8, 4) is 0 Å². The summed E-state index contributed by atoms with van der Waals surface area (Å²) in [5.41, 5.74) is 9.07. The summed E-state index contributed by atoms with van der Waals surface area (Å²) in [5.74, 6) is 0.392. The summed E-state index contributed by atoms with van der Waals surface area (Å²) in [5, 5.41) is 14.8. The highest BCUT2D eigenvalue weighted by Crippen LogP contribution is 2.45. The summed E-state index contributed by atoms with van der Waals surface area (Å²) < 4.78 is 0.915. The summed E-state index contributed by atoms with van der Waals surface area (Å²) in [4.78, 5) is 28.1. The van der Waals surface area contributed by atoms with E-state index < -0.39 is 6.03 Å². The van der Waals surface area contributed by atoms with Gasteiger partial charge in [0, 0.05) is 48.2 Å². The monoisotopic (exact) mass is 564 g/mol. The van der Waals surface area contributed by atoms with Crippen LogP contribution < -0.4 is 10.5 Å². The van der Waals surface area contributed by atoms with Gasteiger partial charge in [-0.2, -0.15) is 4.73 Å². The third-order valence-electron chi connectivity index (χ3n) is 8.32. The number of fused-ring (bicyclic) bond motifs is 2. The van der Waals surface area contributed by atoms with Crippen LogP contribution in [0.3, 0.4) is 0 Å². The molecule has 7 nitrogen and oxygen atoms in total. The Labute approximate surface area is 232 Å². The Balaban J connectivity index is 1.34. The number of carbonyl (C=O) groups is 2. The topological polar surface area (TPSA) is 93.6 Å². The van der Waals surface area contributed by atoms with Crippen molar-refractivity contribution < 1.29 is 14.3 Å². The van der Waals surface area contributed by atoms with Gasteiger partial charge in [-0.25, -0.2) is 4.79 Å². The molecule has 2 fully saturated rings. The van der Waals surface area contributed by atoms with Crippen LogP contribution in [0.2, 0.25) is 15.1 Å². The van der Waals surface area contributed by atoms with E-state index in [-0.39, 0.29) is 23.7 Å². The Bertz CT molecular complexity index is 1150. The first-order valence-electron chi connectivity index (χ1n) is 12.9. The van der Waals surface area contributed by atoms with Gasteiger partial charge in [0.05, 0.1) is 5.92 Å². The number of aromatic nitrogens is 1. The number of hydrogen-bond donors (Lipinski definition) is 1. The Kier molecular flexibility index (Phi) is 7.75. The van der Waals surface area contributed by atoms with Crippen LogP contribution in [0.4, 0.5) is 4.79 Å². The van der Waals surface area contributed by atoms with E-state index in [1.165, 1.54) is 6.20 Å². The molecule has 0 saturated carbocycles. The number of benzene rings is 1. The van der Waals surface area contributed by atoms with Crippen LogP contribution in [-0.4, -0.2) is 47.9 Å². The van der Waals surface area contributed by atoms with Crippen molar-refractivity contribution in [2.24, 2.45) is 17.6 Å². The molecule has 2 aromatic rings. The van der Waals surface area contributed by atoms with Gasteiger partial charge in [0.25, 0.3) is 0 Å². The van der Waals surface area contributed by atoms with Gasteiger partial charge < -0.3 is 20.7 Å². The molecule has 1 aliphatic carbocycles. The number of likely N-dealkylation sites (tertiary alicyclic amines) is 2. The number of aryl methyl sites for hydroxylation is 2. The molecular weight excluding hydrogens is 535 g/mol.